The lowest BCUT2D eigenvalue weighted by Crippen LogP contribution is -2.49. The highest BCUT2D eigenvalue weighted by Gasteiger charge is 2.36. The van der Waals surface area contributed by atoms with Gasteiger partial charge in [-0.05, 0) is 41.4 Å². The van der Waals surface area contributed by atoms with E-state index in [9.17, 15) is 9.59 Å². The summed E-state index contributed by atoms with van der Waals surface area (Å²) in [4.78, 5) is 26.1. The first-order chi connectivity index (χ1) is 9.52. The number of furan rings is 1. The first-order valence-corrected chi connectivity index (χ1v) is 8.42. The molecule has 2 heterocycles. The van der Waals surface area contributed by atoms with Crippen molar-refractivity contribution in [3.05, 3.63) is 22.6 Å². The van der Waals surface area contributed by atoms with Crippen molar-refractivity contribution in [2.45, 2.75) is 32.4 Å². The Kier molecular flexibility index (Phi) is 5.15. The van der Waals surface area contributed by atoms with Crippen molar-refractivity contribution >= 4 is 39.5 Å². The largest absolute Gasteiger partial charge is 0.444 e. The molecular formula is C13H17BrN2O3S. The van der Waals surface area contributed by atoms with Crippen LogP contribution in [0.5, 0.6) is 0 Å². The molecule has 0 unspecified atom stereocenters. The van der Waals surface area contributed by atoms with E-state index in [1.807, 2.05) is 13.8 Å². The van der Waals surface area contributed by atoms with Crippen molar-refractivity contribution in [3.8, 4) is 0 Å². The Morgan fingerprint density at radius 1 is 1.60 bits per heavy atom. The topological polar surface area (TPSA) is 62.6 Å². The number of thioether (sulfide) groups is 1. The molecule has 0 aromatic carbocycles. The first kappa shape index (κ1) is 15.4. The van der Waals surface area contributed by atoms with Crippen molar-refractivity contribution in [1.29, 1.82) is 0 Å². The molecule has 2 rings (SSSR count). The molecule has 1 fully saturated rings. The van der Waals surface area contributed by atoms with E-state index in [1.165, 1.54) is 0 Å². The van der Waals surface area contributed by atoms with Crippen LogP contribution in [0, 0.1) is 0 Å². The van der Waals surface area contributed by atoms with Gasteiger partial charge in [0.2, 0.25) is 5.91 Å². The van der Waals surface area contributed by atoms with E-state index >= 15 is 0 Å². The van der Waals surface area contributed by atoms with Crippen molar-refractivity contribution in [1.82, 2.24) is 10.2 Å². The Labute approximate surface area is 130 Å². The van der Waals surface area contributed by atoms with Crippen LogP contribution in [-0.4, -0.2) is 40.4 Å². The lowest BCUT2D eigenvalue weighted by molar-refractivity contribution is -0.125. The molecule has 1 aliphatic rings. The van der Waals surface area contributed by atoms with Gasteiger partial charge in [-0.1, -0.05) is 6.92 Å². The third kappa shape index (κ3) is 3.38. The fourth-order valence-corrected chi connectivity index (χ4v) is 3.33. The van der Waals surface area contributed by atoms with Gasteiger partial charge in [-0.15, -0.1) is 11.8 Å². The molecule has 1 aromatic rings. The van der Waals surface area contributed by atoms with Crippen molar-refractivity contribution in [3.63, 3.8) is 0 Å². The van der Waals surface area contributed by atoms with Gasteiger partial charge in [-0.25, -0.2) is 0 Å². The summed E-state index contributed by atoms with van der Waals surface area (Å²) in [5, 5.41) is 2.93. The summed E-state index contributed by atoms with van der Waals surface area (Å²) in [7, 11) is 0. The van der Waals surface area contributed by atoms with Gasteiger partial charge in [0.05, 0.1) is 5.88 Å². The lowest BCUT2D eigenvalue weighted by atomic mass is 10.2. The van der Waals surface area contributed by atoms with Crippen molar-refractivity contribution in [2.75, 3.05) is 11.6 Å². The van der Waals surface area contributed by atoms with E-state index < -0.39 is 6.04 Å². The summed E-state index contributed by atoms with van der Waals surface area (Å²) in [5.74, 6) is 1.04. The number of amides is 2. The number of nitrogens with one attached hydrogen (secondary N) is 1. The zero-order chi connectivity index (χ0) is 14.7. The maximum Gasteiger partial charge on any atom is 0.291 e. The number of carbonyl (C=O) groups excluding carboxylic acids is 2. The summed E-state index contributed by atoms with van der Waals surface area (Å²) >= 11 is 4.75. The monoisotopic (exact) mass is 360 g/mol. The first-order valence-electron chi connectivity index (χ1n) is 6.47. The maximum atomic E-state index is 12.3. The van der Waals surface area contributed by atoms with Gasteiger partial charge in [0.1, 0.15) is 6.04 Å². The molecule has 110 valence electrons. The van der Waals surface area contributed by atoms with Crippen LogP contribution < -0.4 is 5.32 Å². The SMILES string of the molecule is CC[C@H](C)NC(=O)[C@H]1CSCN1C(=O)c1ccc(Br)o1. The van der Waals surface area contributed by atoms with E-state index in [2.05, 4.69) is 21.2 Å². The number of hydrogen-bond donors (Lipinski definition) is 1. The van der Waals surface area contributed by atoms with Gasteiger partial charge >= 0.3 is 0 Å². The van der Waals surface area contributed by atoms with Crippen LogP contribution >= 0.6 is 27.7 Å². The molecule has 0 saturated carbocycles. The summed E-state index contributed by atoms with van der Waals surface area (Å²) in [6.07, 6.45) is 0.866. The molecule has 7 heteroatoms. The van der Waals surface area contributed by atoms with Gasteiger partial charge in [0.15, 0.2) is 10.4 Å². The van der Waals surface area contributed by atoms with Crippen LogP contribution in [-0.2, 0) is 4.79 Å². The van der Waals surface area contributed by atoms with Crippen LogP contribution in [0.1, 0.15) is 30.8 Å². The van der Waals surface area contributed by atoms with Gasteiger partial charge < -0.3 is 14.6 Å². The second kappa shape index (κ2) is 6.67. The molecule has 2 atom stereocenters. The fraction of sp³-hybridized carbons (Fsp3) is 0.538. The van der Waals surface area contributed by atoms with E-state index in [0.29, 0.717) is 16.3 Å². The van der Waals surface area contributed by atoms with Crippen LogP contribution in [0.15, 0.2) is 21.2 Å². The predicted octanol–water partition coefficient (Wildman–Crippen LogP) is 2.47. The number of hydrogen-bond acceptors (Lipinski definition) is 4. The third-order valence-electron chi connectivity index (χ3n) is 3.23. The molecule has 1 aliphatic heterocycles. The van der Waals surface area contributed by atoms with E-state index in [0.717, 1.165) is 6.42 Å². The summed E-state index contributed by atoms with van der Waals surface area (Å²) < 4.78 is 5.78. The molecule has 2 amide bonds. The van der Waals surface area contributed by atoms with Gasteiger partial charge in [-0.2, -0.15) is 0 Å². The van der Waals surface area contributed by atoms with E-state index in [4.69, 9.17) is 4.42 Å². The zero-order valence-electron chi connectivity index (χ0n) is 11.4. The molecule has 1 saturated heterocycles. The number of nitrogens with zero attached hydrogens (tertiary/aromatic N) is 1. The molecule has 0 radical (unpaired) electrons. The molecular weight excluding hydrogens is 344 g/mol. The fourth-order valence-electron chi connectivity index (χ4n) is 1.87. The highest BCUT2D eigenvalue weighted by molar-refractivity contribution is 9.10. The summed E-state index contributed by atoms with van der Waals surface area (Å²) in [5.41, 5.74) is 0. The molecule has 0 bridgehead atoms. The van der Waals surface area contributed by atoms with Gasteiger partial charge in [-0.3, -0.25) is 9.59 Å². The predicted molar refractivity (Wildman–Crippen MR) is 81.6 cm³/mol. The number of halogens is 1. The molecule has 5 nitrogen and oxygen atoms in total. The maximum absolute atomic E-state index is 12.3. The Bertz CT molecular complexity index is 506. The van der Waals surface area contributed by atoms with Crippen LogP contribution in [0.25, 0.3) is 0 Å². The highest BCUT2D eigenvalue weighted by atomic mass is 79.9. The van der Waals surface area contributed by atoms with Crippen molar-refractivity contribution < 1.29 is 14.0 Å². The van der Waals surface area contributed by atoms with E-state index in [-0.39, 0.29) is 23.6 Å². The minimum absolute atomic E-state index is 0.0941. The van der Waals surface area contributed by atoms with Gasteiger partial charge in [0, 0.05) is 11.8 Å². The second-order valence-electron chi connectivity index (χ2n) is 4.71. The quantitative estimate of drug-likeness (QED) is 0.895. The Morgan fingerprint density at radius 3 is 2.95 bits per heavy atom. The minimum atomic E-state index is -0.426. The minimum Gasteiger partial charge on any atom is -0.444 e. The Morgan fingerprint density at radius 2 is 2.35 bits per heavy atom. The second-order valence-corrected chi connectivity index (χ2v) is 6.49. The zero-order valence-corrected chi connectivity index (χ0v) is 13.8. The average Bonchev–Trinajstić information content (AvgIpc) is 3.06. The molecule has 0 spiro atoms. The molecule has 0 aliphatic carbocycles. The standard InChI is InChI=1S/C13H17BrN2O3S/c1-3-8(2)15-12(17)9-6-20-7-16(9)13(18)10-4-5-11(14)19-10/h4-5,8-9H,3,6-7H2,1-2H3,(H,15,17)/t8-,9+/m0/s1. The molecule has 20 heavy (non-hydrogen) atoms. The molecule has 1 aromatic heterocycles. The lowest BCUT2D eigenvalue weighted by Gasteiger charge is -2.23. The number of carbonyl (C=O) groups is 2. The smallest absolute Gasteiger partial charge is 0.291 e. The Hall–Kier alpha value is -0.950. The highest BCUT2D eigenvalue weighted by Crippen LogP contribution is 2.25. The third-order valence-corrected chi connectivity index (χ3v) is 4.67. The normalized spacial score (nSPS) is 19.9. The summed E-state index contributed by atoms with van der Waals surface area (Å²) in [6.45, 7) is 3.97. The average molecular weight is 361 g/mol. The van der Waals surface area contributed by atoms with E-state index in [1.54, 1.807) is 28.8 Å². The molecule has 1 N–H and O–H groups in total. The van der Waals surface area contributed by atoms with Crippen molar-refractivity contribution in [2.24, 2.45) is 0 Å². The van der Waals surface area contributed by atoms with Crippen LogP contribution in [0.2, 0.25) is 0 Å². The number of rotatable bonds is 4. The Balaban J connectivity index is 2.07. The summed E-state index contributed by atoms with van der Waals surface area (Å²) in [6, 6.07) is 2.97. The van der Waals surface area contributed by atoms with Crippen LogP contribution in [0.4, 0.5) is 0 Å². The van der Waals surface area contributed by atoms with Gasteiger partial charge in [0.25, 0.3) is 5.91 Å². The van der Waals surface area contributed by atoms with Crippen LogP contribution in [0.3, 0.4) is 0 Å².